The van der Waals surface area contributed by atoms with Crippen LogP contribution in [0.3, 0.4) is 0 Å². The second-order valence-electron chi connectivity index (χ2n) is 4.02. The molecule has 0 fully saturated rings. The van der Waals surface area contributed by atoms with Gasteiger partial charge in [-0.25, -0.2) is 0 Å². The van der Waals surface area contributed by atoms with E-state index in [-0.39, 0.29) is 6.04 Å². The van der Waals surface area contributed by atoms with Crippen molar-refractivity contribution in [3.05, 3.63) is 41.2 Å². The lowest BCUT2D eigenvalue weighted by atomic mass is 10.0. The highest BCUT2D eigenvalue weighted by atomic mass is 14.9. The van der Waals surface area contributed by atoms with Crippen molar-refractivity contribution in [1.29, 1.82) is 0 Å². The summed E-state index contributed by atoms with van der Waals surface area (Å²) in [6.45, 7) is 13.2. The Morgan fingerprint density at radius 2 is 1.93 bits per heavy atom. The summed E-state index contributed by atoms with van der Waals surface area (Å²) in [5.41, 5.74) is 4.53. The first-order valence-corrected chi connectivity index (χ1v) is 5.38. The number of hydrogen-bond donors (Lipinski definition) is 1. The molecule has 15 heavy (non-hydrogen) atoms. The standard InChI is InChI=1S/C13H20N2/c1-6-14-13(9(2)3)12-7-10(4)15-11(5)8-12/h7-8,13-14H,2,6H2,1,3-5H3. The van der Waals surface area contributed by atoms with Crippen molar-refractivity contribution in [3.63, 3.8) is 0 Å². The second kappa shape index (κ2) is 5.08. The molecule has 0 bridgehead atoms. The van der Waals surface area contributed by atoms with E-state index < -0.39 is 0 Å². The molecule has 0 saturated carbocycles. The van der Waals surface area contributed by atoms with E-state index in [1.54, 1.807) is 0 Å². The molecule has 1 rings (SSSR count). The van der Waals surface area contributed by atoms with Gasteiger partial charge in [-0.05, 0) is 45.0 Å². The van der Waals surface area contributed by atoms with Crippen LogP contribution in [0.2, 0.25) is 0 Å². The van der Waals surface area contributed by atoms with Crippen LogP contribution in [0.25, 0.3) is 0 Å². The molecule has 1 aromatic rings. The van der Waals surface area contributed by atoms with Gasteiger partial charge in [-0.1, -0.05) is 19.1 Å². The van der Waals surface area contributed by atoms with Gasteiger partial charge < -0.3 is 5.32 Å². The third-order valence-electron chi connectivity index (χ3n) is 2.34. The predicted molar refractivity (Wildman–Crippen MR) is 64.9 cm³/mol. The third-order valence-corrected chi connectivity index (χ3v) is 2.34. The Hall–Kier alpha value is -1.15. The molecule has 1 aromatic heterocycles. The minimum Gasteiger partial charge on any atom is -0.307 e. The first kappa shape index (κ1) is 11.9. The lowest BCUT2D eigenvalue weighted by Crippen LogP contribution is -2.21. The van der Waals surface area contributed by atoms with Gasteiger partial charge >= 0.3 is 0 Å². The van der Waals surface area contributed by atoms with Gasteiger partial charge in [0.15, 0.2) is 0 Å². The number of nitrogens with one attached hydrogen (secondary N) is 1. The van der Waals surface area contributed by atoms with Gasteiger partial charge in [-0.2, -0.15) is 0 Å². The van der Waals surface area contributed by atoms with Gasteiger partial charge in [-0.3, -0.25) is 4.98 Å². The van der Waals surface area contributed by atoms with Crippen molar-refractivity contribution in [2.75, 3.05) is 6.54 Å². The second-order valence-corrected chi connectivity index (χ2v) is 4.02. The van der Waals surface area contributed by atoms with Crippen molar-refractivity contribution >= 4 is 0 Å². The fourth-order valence-corrected chi connectivity index (χ4v) is 1.81. The van der Waals surface area contributed by atoms with E-state index in [9.17, 15) is 0 Å². The summed E-state index contributed by atoms with van der Waals surface area (Å²) in [6, 6.07) is 4.49. The maximum absolute atomic E-state index is 4.38. The highest BCUT2D eigenvalue weighted by molar-refractivity contribution is 5.29. The van der Waals surface area contributed by atoms with E-state index in [1.165, 1.54) is 5.56 Å². The fraction of sp³-hybridized carbons (Fsp3) is 0.462. The molecule has 1 heterocycles. The lowest BCUT2D eigenvalue weighted by Gasteiger charge is -2.19. The summed E-state index contributed by atoms with van der Waals surface area (Å²) >= 11 is 0. The first-order chi connectivity index (χ1) is 7.04. The number of aromatic nitrogens is 1. The zero-order valence-electron chi connectivity index (χ0n) is 10.1. The van der Waals surface area contributed by atoms with Crippen molar-refractivity contribution in [1.82, 2.24) is 10.3 Å². The summed E-state index contributed by atoms with van der Waals surface area (Å²) in [5.74, 6) is 0. The number of pyridine rings is 1. The van der Waals surface area contributed by atoms with Crippen molar-refractivity contribution in [3.8, 4) is 0 Å². The van der Waals surface area contributed by atoms with Crippen LogP contribution in [0.1, 0.15) is 36.8 Å². The van der Waals surface area contributed by atoms with Gasteiger partial charge in [0.05, 0.1) is 6.04 Å². The van der Waals surface area contributed by atoms with Crippen molar-refractivity contribution < 1.29 is 0 Å². The zero-order valence-corrected chi connectivity index (χ0v) is 10.1. The Morgan fingerprint density at radius 1 is 1.40 bits per heavy atom. The molecule has 0 aliphatic rings. The molecule has 0 aliphatic heterocycles. The largest absolute Gasteiger partial charge is 0.307 e. The number of likely N-dealkylation sites (N-methyl/N-ethyl adjacent to an activating group) is 1. The third kappa shape index (κ3) is 3.17. The summed E-state index contributed by atoms with van der Waals surface area (Å²) < 4.78 is 0. The van der Waals surface area contributed by atoms with E-state index in [4.69, 9.17) is 0 Å². The van der Waals surface area contributed by atoms with Crippen molar-refractivity contribution in [2.45, 2.75) is 33.7 Å². The van der Waals surface area contributed by atoms with Crippen molar-refractivity contribution in [2.24, 2.45) is 0 Å². The molecular weight excluding hydrogens is 184 g/mol. The molecule has 0 aliphatic carbocycles. The average molecular weight is 204 g/mol. The molecule has 2 heteroatoms. The number of aryl methyl sites for hydroxylation is 2. The minimum absolute atomic E-state index is 0.246. The van der Waals surface area contributed by atoms with E-state index in [1.807, 2.05) is 13.8 Å². The minimum atomic E-state index is 0.246. The highest BCUT2D eigenvalue weighted by Crippen LogP contribution is 2.21. The summed E-state index contributed by atoms with van der Waals surface area (Å²) in [6.07, 6.45) is 0. The first-order valence-electron chi connectivity index (χ1n) is 5.38. The SMILES string of the molecule is C=C(C)C(NCC)c1cc(C)nc(C)c1. The van der Waals surface area contributed by atoms with Crippen LogP contribution in [0, 0.1) is 13.8 Å². The van der Waals surface area contributed by atoms with Crippen LogP contribution in [0.15, 0.2) is 24.3 Å². The predicted octanol–water partition coefficient (Wildman–Crippen LogP) is 2.93. The average Bonchev–Trinajstić information content (AvgIpc) is 2.11. The van der Waals surface area contributed by atoms with Gasteiger partial charge in [0.2, 0.25) is 0 Å². The quantitative estimate of drug-likeness (QED) is 0.763. The number of hydrogen-bond acceptors (Lipinski definition) is 2. The van der Waals surface area contributed by atoms with E-state index in [0.717, 1.165) is 23.5 Å². The number of rotatable bonds is 4. The molecule has 1 atom stereocenters. The summed E-state index contributed by atoms with van der Waals surface area (Å²) in [7, 11) is 0. The van der Waals surface area contributed by atoms with E-state index in [2.05, 4.69) is 42.9 Å². The van der Waals surface area contributed by atoms with Crippen LogP contribution >= 0.6 is 0 Å². The molecular formula is C13H20N2. The molecule has 1 N–H and O–H groups in total. The normalized spacial score (nSPS) is 12.5. The molecule has 0 radical (unpaired) electrons. The van der Waals surface area contributed by atoms with E-state index >= 15 is 0 Å². The lowest BCUT2D eigenvalue weighted by molar-refractivity contribution is 0.619. The highest BCUT2D eigenvalue weighted by Gasteiger charge is 2.11. The van der Waals surface area contributed by atoms with Crippen LogP contribution in [-0.4, -0.2) is 11.5 Å². The maximum atomic E-state index is 4.38. The molecule has 1 unspecified atom stereocenters. The Labute approximate surface area is 92.4 Å². The Bertz CT molecular complexity index is 335. The molecule has 0 aromatic carbocycles. The van der Waals surface area contributed by atoms with Crippen LogP contribution < -0.4 is 5.32 Å². The van der Waals surface area contributed by atoms with Crippen LogP contribution in [-0.2, 0) is 0 Å². The Morgan fingerprint density at radius 3 is 2.33 bits per heavy atom. The van der Waals surface area contributed by atoms with E-state index in [0.29, 0.717) is 0 Å². The van der Waals surface area contributed by atoms with Gasteiger partial charge in [-0.15, -0.1) is 0 Å². The topological polar surface area (TPSA) is 24.9 Å². The molecule has 82 valence electrons. The maximum Gasteiger partial charge on any atom is 0.0531 e. The monoisotopic (exact) mass is 204 g/mol. The fourth-order valence-electron chi connectivity index (χ4n) is 1.81. The van der Waals surface area contributed by atoms with Crippen LogP contribution in [0.5, 0.6) is 0 Å². The Kier molecular flexibility index (Phi) is 4.04. The molecule has 0 spiro atoms. The van der Waals surface area contributed by atoms with Crippen LogP contribution in [0.4, 0.5) is 0 Å². The Balaban J connectivity index is 3.05. The molecule has 0 saturated heterocycles. The molecule has 0 amide bonds. The summed E-state index contributed by atoms with van der Waals surface area (Å²) in [4.78, 5) is 4.38. The van der Waals surface area contributed by atoms with Gasteiger partial charge in [0.25, 0.3) is 0 Å². The zero-order chi connectivity index (χ0) is 11.4. The molecule has 2 nitrogen and oxygen atoms in total. The smallest absolute Gasteiger partial charge is 0.0531 e. The summed E-state index contributed by atoms with van der Waals surface area (Å²) in [5, 5.41) is 3.43. The van der Waals surface area contributed by atoms with Gasteiger partial charge in [0, 0.05) is 11.4 Å². The van der Waals surface area contributed by atoms with Gasteiger partial charge in [0.1, 0.15) is 0 Å². The number of nitrogens with zero attached hydrogens (tertiary/aromatic N) is 1.